The van der Waals surface area contributed by atoms with Crippen LogP contribution in [0, 0.1) is 5.92 Å². The number of carbonyl (C=O) groups excluding carboxylic acids is 3. The SMILES string of the molecule is O=C(COc1ccccc1[C@@H]1c2sc(=O)[nH]c2S[C@H]2C(=O)N(c3ccc(Br)cc3)C(=O)[C@@H]12)Nc1ccc(O)cc1. The second-order valence-electron chi connectivity index (χ2n) is 9.16. The smallest absolute Gasteiger partial charge is 0.305 e. The predicted molar refractivity (Wildman–Crippen MR) is 155 cm³/mol. The number of para-hydroxylation sites is 1. The quantitative estimate of drug-likeness (QED) is 0.206. The van der Waals surface area contributed by atoms with E-state index < -0.39 is 23.0 Å². The van der Waals surface area contributed by atoms with Gasteiger partial charge in [0.1, 0.15) is 16.7 Å². The first kappa shape index (κ1) is 26.4. The number of benzene rings is 3. The van der Waals surface area contributed by atoms with Gasteiger partial charge in [0.05, 0.1) is 16.6 Å². The third kappa shape index (κ3) is 4.82. The number of phenolic OH excluding ortho intramolecular Hbond substituents is 1. The molecule has 0 aliphatic carbocycles. The Labute approximate surface area is 244 Å². The number of nitrogens with one attached hydrogen (secondary N) is 2. The molecule has 3 N–H and O–H groups in total. The van der Waals surface area contributed by atoms with Gasteiger partial charge in [0, 0.05) is 26.5 Å². The van der Waals surface area contributed by atoms with Crippen LogP contribution in [0.4, 0.5) is 11.4 Å². The van der Waals surface area contributed by atoms with Crippen LogP contribution in [0.15, 0.2) is 87.1 Å². The highest BCUT2D eigenvalue weighted by Gasteiger charge is 2.56. The standard InChI is InChI=1S/C28H20BrN3O6S2/c29-14-5-9-16(10-6-14)32-26(35)22-21(23-25(31-28(37)40-23)39-24(22)27(32)36)18-3-1-2-4-19(18)38-13-20(34)30-15-7-11-17(33)12-8-15/h1-12,21-22,24,33H,13H2,(H,30,34)(H,31,37)/t21-,22-,24+/m0/s1. The van der Waals surface area contributed by atoms with Crippen LogP contribution in [0.3, 0.4) is 0 Å². The Hall–Kier alpha value is -3.87. The van der Waals surface area contributed by atoms with Crippen LogP contribution in [-0.4, -0.2) is 39.7 Å². The van der Waals surface area contributed by atoms with Crippen LogP contribution >= 0.6 is 39.0 Å². The monoisotopic (exact) mass is 637 g/mol. The summed E-state index contributed by atoms with van der Waals surface area (Å²) in [6.45, 7) is -0.318. The minimum atomic E-state index is -0.782. The van der Waals surface area contributed by atoms with Gasteiger partial charge in [-0.2, -0.15) is 0 Å². The van der Waals surface area contributed by atoms with Crippen LogP contribution in [0.2, 0.25) is 0 Å². The highest BCUT2D eigenvalue weighted by molar-refractivity contribution is 9.10. The van der Waals surface area contributed by atoms with E-state index in [9.17, 15) is 24.3 Å². The number of aromatic nitrogens is 1. The molecular formula is C28H20BrN3O6S2. The van der Waals surface area contributed by atoms with Crippen molar-refractivity contribution < 1.29 is 24.2 Å². The number of amides is 3. The first-order chi connectivity index (χ1) is 19.3. The van der Waals surface area contributed by atoms with Crippen molar-refractivity contribution in [2.24, 2.45) is 5.92 Å². The van der Waals surface area contributed by atoms with Crippen molar-refractivity contribution in [1.82, 2.24) is 4.98 Å². The molecular weight excluding hydrogens is 618 g/mol. The molecule has 3 atom stereocenters. The molecule has 3 heterocycles. The van der Waals surface area contributed by atoms with Gasteiger partial charge < -0.3 is 20.1 Å². The molecule has 6 rings (SSSR count). The van der Waals surface area contributed by atoms with Crippen molar-refractivity contribution in [3.8, 4) is 11.5 Å². The lowest BCUT2D eigenvalue weighted by atomic mass is 9.82. The number of anilines is 2. The van der Waals surface area contributed by atoms with Crippen molar-refractivity contribution in [2.75, 3.05) is 16.8 Å². The molecule has 202 valence electrons. The lowest BCUT2D eigenvalue weighted by Crippen LogP contribution is -2.32. The minimum absolute atomic E-state index is 0.0807. The molecule has 3 amide bonds. The van der Waals surface area contributed by atoms with Gasteiger partial charge in [-0.15, -0.1) is 0 Å². The van der Waals surface area contributed by atoms with Crippen LogP contribution in [0.1, 0.15) is 16.4 Å². The number of carbonyl (C=O) groups is 3. The van der Waals surface area contributed by atoms with Crippen molar-refractivity contribution in [3.05, 3.63) is 97.4 Å². The molecule has 1 saturated heterocycles. The number of halogens is 1. The zero-order chi connectivity index (χ0) is 28.0. The fraction of sp³-hybridized carbons (Fsp3) is 0.143. The summed E-state index contributed by atoms with van der Waals surface area (Å²) in [5.74, 6) is -2.10. The highest BCUT2D eigenvalue weighted by atomic mass is 79.9. The molecule has 0 unspecified atom stereocenters. The summed E-state index contributed by atoms with van der Waals surface area (Å²) in [4.78, 5) is 56.9. The van der Waals surface area contributed by atoms with Gasteiger partial charge in [-0.1, -0.05) is 57.2 Å². The van der Waals surface area contributed by atoms with E-state index in [1.807, 2.05) is 0 Å². The first-order valence-corrected chi connectivity index (χ1v) is 14.6. The number of H-pyrrole nitrogens is 1. The third-order valence-electron chi connectivity index (χ3n) is 6.67. The van der Waals surface area contributed by atoms with Crippen molar-refractivity contribution in [3.63, 3.8) is 0 Å². The van der Waals surface area contributed by atoms with Gasteiger partial charge in [-0.25, -0.2) is 4.90 Å². The number of aromatic amines is 1. The molecule has 9 nitrogen and oxygen atoms in total. The molecule has 2 aliphatic rings. The van der Waals surface area contributed by atoms with Crippen molar-refractivity contribution in [1.29, 1.82) is 0 Å². The lowest BCUT2D eigenvalue weighted by molar-refractivity contribution is -0.122. The highest BCUT2D eigenvalue weighted by Crippen LogP contribution is 2.54. The summed E-state index contributed by atoms with van der Waals surface area (Å²) in [6, 6.07) is 20.0. The number of fused-ring (bicyclic) bond motifs is 2. The first-order valence-electron chi connectivity index (χ1n) is 12.1. The van der Waals surface area contributed by atoms with E-state index in [-0.39, 0.29) is 29.0 Å². The van der Waals surface area contributed by atoms with Gasteiger partial charge in [0.15, 0.2) is 6.61 Å². The fourth-order valence-corrected chi connectivity index (χ4v) is 7.72. The van der Waals surface area contributed by atoms with E-state index in [0.29, 0.717) is 32.6 Å². The number of imide groups is 1. The van der Waals surface area contributed by atoms with Gasteiger partial charge in [-0.3, -0.25) is 19.2 Å². The van der Waals surface area contributed by atoms with E-state index in [1.54, 1.807) is 60.7 Å². The lowest BCUT2D eigenvalue weighted by Gasteiger charge is -2.30. The maximum atomic E-state index is 13.9. The normalized spacial score (nSPS) is 19.7. The number of nitrogens with zero attached hydrogens (tertiary/aromatic N) is 1. The van der Waals surface area contributed by atoms with Gasteiger partial charge in [0.25, 0.3) is 5.91 Å². The molecule has 1 aromatic heterocycles. The number of phenols is 1. The number of hydrogen-bond donors (Lipinski definition) is 3. The zero-order valence-electron chi connectivity index (χ0n) is 20.5. The molecule has 4 aromatic rings. The van der Waals surface area contributed by atoms with Crippen LogP contribution in [-0.2, 0) is 14.4 Å². The van der Waals surface area contributed by atoms with E-state index in [4.69, 9.17) is 4.74 Å². The van der Waals surface area contributed by atoms with Crippen molar-refractivity contribution >= 4 is 68.1 Å². The largest absolute Gasteiger partial charge is 0.508 e. The summed E-state index contributed by atoms with van der Waals surface area (Å²) in [5, 5.41) is 12.0. The topological polar surface area (TPSA) is 129 Å². The Bertz CT molecular complexity index is 1690. The Morgan fingerprint density at radius 2 is 1.73 bits per heavy atom. The number of aromatic hydroxyl groups is 1. The second kappa shape index (κ2) is 10.6. The van der Waals surface area contributed by atoms with Crippen LogP contribution in [0.5, 0.6) is 11.5 Å². The van der Waals surface area contributed by atoms with Gasteiger partial charge in [-0.05, 0) is 54.6 Å². The number of rotatable bonds is 6. The number of hydrogen-bond acceptors (Lipinski definition) is 8. The summed E-state index contributed by atoms with van der Waals surface area (Å²) in [6.07, 6.45) is 0. The third-order valence-corrected chi connectivity index (χ3v) is 9.60. The molecule has 0 saturated carbocycles. The number of thiazole rings is 1. The summed E-state index contributed by atoms with van der Waals surface area (Å²) >= 11 is 5.59. The molecule has 40 heavy (non-hydrogen) atoms. The average Bonchev–Trinajstić information content (AvgIpc) is 3.44. The van der Waals surface area contributed by atoms with E-state index in [1.165, 1.54) is 28.8 Å². The number of thioether (sulfide) groups is 1. The summed E-state index contributed by atoms with van der Waals surface area (Å²) in [5.41, 5.74) is 1.57. The van der Waals surface area contributed by atoms with Crippen LogP contribution < -0.4 is 19.8 Å². The zero-order valence-corrected chi connectivity index (χ0v) is 23.7. The maximum absolute atomic E-state index is 13.9. The maximum Gasteiger partial charge on any atom is 0.305 e. The van der Waals surface area contributed by atoms with E-state index in [2.05, 4.69) is 26.2 Å². The van der Waals surface area contributed by atoms with Gasteiger partial charge in [0.2, 0.25) is 11.8 Å². The Kier molecular flexibility index (Phi) is 6.99. The molecule has 12 heteroatoms. The molecule has 3 aromatic carbocycles. The average molecular weight is 639 g/mol. The molecule has 0 radical (unpaired) electrons. The Morgan fingerprint density at radius 1 is 1.00 bits per heavy atom. The van der Waals surface area contributed by atoms with Gasteiger partial charge >= 0.3 is 4.87 Å². The van der Waals surface area contributed by atoms with Crippen LogP contribution in [0.25, 0.3) is 0 Å². The molecule has 0 spiro atoms. The molecule has 1 fully saturated rings. The van der Waals surface area contributed by atoms with E-state index >= 15 is 0 Å². The Morgan fingerprint density at radius 3 is 2.48 bits per heavy atom. The Balaban J connectivity index is 1.33. The second-order valence-corrected chi connectivity index (χ2v) is 12.2. The van der Waals surface area contributed by atoms with E-state index in [0.717, 1.165) is 15.8 Å². The summed E-state index contributed by atoms with van der Waals surface area (Å²) < 4.78 is 6.76. The fourth-order valence-electron chi connectivity index (χ4n) is 4.95. The number of ether oxygens (including phenoxy) is 1. The predicted octanol–water partition coefficient (Wildman–Crippen LogP) is 4.72. The molecule has 2 aliphatic heterocycles. The minimum Gasteiger partial charge on any atom is -0.508 e. The molecule has 0 bridgehead atoms. The summed E-state index contributed by atoms with van der Waals surface area (Å²) in [7, 11) is 0. The van der Waals surface area contributed by atoms with Crippen molar-refractivity contribution in [2.45, 2.75) is 16.2 Å².